The highest BCUT2D eigenvalue weighted by molar-refractivity contribution is 7.17. The predicted octanol–water partition coefficient (Wildman–Crippen LogP) is 3.57. The summed E-state index contributed by atoms with van der Waals surface area (Å²) in [6.45, 7) is 7.97. The predicted molar refractivity (Wildman–Crippen MR) is 133 cm³/mol. The van der Waals surface area contributed by atoms with Gasteiger partial charge in [0.1, 0.15) is 17.2 Å². The van der Waals surface area contributed by atoms with E-state index in [4.69, 9.17) is 21.0 Å². The van der Waals surface area contributed by atoms with Crippen molar-refractivity contribution in [1.29, 1.82) is 0 Å². The maximum absolute atomic E-state index is 11.2. The maximum Gasteiger partial charge on any atom is 0.235 e. The van der Waals surface area contributed by atoms with Crippen molar-refractivity contribution in [3.8, 4) is 0 Å². The molecule has 2 aromatic heterocycles. The third-order valence-corrected chi connectivity index (χ3v) is 7.35. The summed E-state index contributed by atoms with van der Waals surface area (Å²) in [5, 5.41) is 17.3. The Morgan fingerprint density at radius 1 is 1.24 bits per heavy atom. The lowest BCUT2D eigenvalue weighted by atomic mass is 9.99. The number of amidine groups is 1. The number of anilines is 1. The van der Waals surface area contributed by atoms with E-state index >= 15 is 0 Å². The van der Waals surface area contributed by atoms with Crippen molar-refractivity contribution in [1.82, 2.24) is 20.9 Å². The molecule has 2 aliphatic heterocycles. The molecule has 2 aliphatic rings. The van der Waals surface area contributed by atoms with E-state index in [1.807, 2.05) is 24.3 Å². The van der Waals surface area contributed by atoms with Crippen LogP contribution in [0, 0.1) is 13.8 Å². The van der Waals surface area contributed by atoms with Crippen LogP contribution in [0.2, 0.25) is 5.02 Å². The Labute approximate surface area is 205 Å². The van der Waals surface area contributed by atoms with E-state index in [1.165, 1.54) is 17.4 Å². The molecule has 3 aromatic rings. The van der Waals surface area contributed by atoms with Gasteiger partial charge >= 0.3 is 0 Å². The minimum absolute atomic E-state index is 0.0218. The fraction of sp³-hybridized carbons (Fsp3) is 0.348. The lowest BCUT2D eigenvalue weighted by Gasteiger charge is -2.24. The van der Waals surface area contributed by atoms with Crippen molar-refractivity contribution in [3.63, 3.8) is 0 Å². The second kappa shape index (κ2) is 8.84. The SMILES string of the molecule is CC(=O)NCc1nnc(C[C@@H]2N=C(c3ccc(Cl)cc3)c3c(sc(C)c3C)N3C2=NNC3C)o1. The van der Waals surface area contributed by atoms with Gasteiger partial charge in [-0.1, -0.05) is 23.7 Å². The summed E-state index contributed by atoms with van der Waals surface area (Å²) in [6, 6.07) is 7.39. The zero-order chi connectivity index (χ0) is 24.0. The summed E-state index contributed by atoms with van der Waals surface area (Å²) in [5.41, 5.74) is 7.37. The first kappa shape index (κ1) is 22.5. The van der Waals surface area contributed by atoms with Crippen LogP contribution >= 0.6 is 22.9 Å². The summed E-state index contributed by atoms with van der Waals surface area (Å²) in [6.07, 6.45) is 0.354. The van der Waals surface area contributed by atoms with Gasteiger partial charge in [-0.25, -0.2) is 0 Å². The number of benzene rings is 1. The molecule has 1 unspecified atom stereocenters. The van der Waals surface area contributed by atoms with Gasteiger partial charge in [0.15, 0.2) is 5.84 Å². The number of hydrogen-bond acceptors (Lipinski definition) is 9. The molecule has 1 amide bonds. The van der Waals surface area contributed by atoms with E-state index in [0.717, 1.165) is 27.7 Å². The van der Waals surface area contributed by atoms with Crippen molar-refractivity contribution in [2.75, 3.05) is 4.90 Å². The molecule has 2 atom stereocenters. The van der Waals surface area contributed by atoms with E-state index in [0.29, 0.717) is 23.2 Å². The molecule has 0 radical (unpaired) electrons. The molecule has 176 valence electrons. The fourth-order valence-electron chi connectivity index (χ4n) is 4.09. The minimum atomic E-state index is -0.350. The molecular formula is C23H24ClN7O2S. The summed E-state index contributed by atoms with van der Waals surface area (Å²) < 4.78 is 5.80. The van der Waals surface area contributed by atoms with Crippen LogP contribution in [0.5, 0.6) is 0 Å². The Morgan fingerprint density at radius 3 is 2.71 bits per heavy atom. The molecule has 0 bridgehead atoms. The van der Waals surface area contributed by atoms with Crippen molar-refractivity contribution in [2.45, 2.75) is 52.9 Å². The van der Waals surface area contributed by atoms with E-state index in [-0.39, 0.29) is 24.7 Å². The van der Waals surface area contributed by atoms with E-state index in [2.05, 4.69) is 51.7 Å². The molecule has 0 aliphatic carbocycles. The van der Waals surface area contributed by atoms with Crippen LogP contribution < -0.4 is 15.6 Å². The first-order valence-corrected chi connectivity index (χ1v) is 12.1. The Balaban J connectivity index is 1.59. The van der Waals surface area contributed by atoms with Gasteiger partial charge in [0, 0.05) is 28.0 Å². The van der Waals surface area contributed by atoms with Crippen molar-refractivity contribution in [3.05, 3.63) is 62.6 Å². The number of halogens is 1. The van der Waals surface area contributed by atoms with E-state index in [9.17, 15) is 4.79 Å². The molecule has 9 nitrogen and oxygen atoms in total. The molecule has 0 spiro atoms. The summed E-state index contributed by atoms with van der Waals surface area (Å²) in [5.74, 6) is 1.43. The highest BCUT2D eigenvalue weighted by Crippen LogP contribution is 2.41. The first-order valence-electron chi connectivity index (χ1n) is 10.9. The van der Waals surface area contributed by atoms with E-state index in [1.54, 1.807) is 11.3 Å². The van der Waals surface area contributed by atoms with Crippen LogP contribution in [0.3, 0.4) is 0 Å². The number of rotatable bonds is 5. The number of hydrazone groups is 1. The summed E-state index contributed by atoms with van der Waals surface area (Å²) in [4.78, 5) is 19.9. The van der Waals surface area contributed by atoms with E-state index < -0.39 is 0 Å². The third kappa shape index (κ3) is 4.07. The number of aliphatic imine (C=N–C) groups is 1. The molecule has 1 aromatic carbocycles. The number of fused-ring (bicyclic) bond motifs is 3. The fourth-order valence-corrected chi connectivity index (χ4v) is 5.46. The number of carbonyl (C=O) groups is 1. The van der Waals surface area contributed by atoms with Crippen molar-refractivity contribution >= 4 is 45.4 Å². The number of hydrogen-bond donors (Lipinski definition) is 2. The van der Waals surface area contributed by atoms with Crippen LogP contribution in [0.4, 0.5) is 5.00 Å². The van der Waals surface area contributed by atoms with Crippen LogP contribution in [0.25, 0.3) is 0 Å². The van der Waals surface area contributed by atoms with Gasteiger partial charge in [0.05, 0.1) is 18.7 Å². The van der Waals surface area contributed by atoms with Gasteiger partial charge in [-0.05, 0) is 38.5 Å². The summed E-state index contributed by atoms with van der Waals surface area (Å²) >= 11 is 7.91. The van der Waals surface area contributed by atoms with Crippen molar-refractivity contribution in [2.24, 2.45) is 10.1 Å². The number of amides is 1. The molecule has 11 heteroatoms. The second-order valence-corrected chi connectivity index (χ2v) is 9.95. The van der Waals surface area contributed by atoms with Crippen LogP contribution in [0.1, 0.15) is 47.2 Å². The lowest BCUT2D eigenvalue weighted by molar-refractivity contribution is -0.119. The molecule has 34 heavy (non-hydrogen) atoms. The largest absolute Gasteiger partial charge is 0.423 e. The number of thiophene rings is 1. The highest BCUT2D eigenvalue weighted by Gasteiger charge is 2.39. The van der Waals surface area contributed by atoms with Gasteiger partial charge in [0.25, 0.3) is 0 Å². The zero-order valence-corrected chi connectivity index (χ0v) is 20.8. The van der Waals surface area contributed by atoms with Gasteiger partial charge in [-0.15, -0.1) is 21.5 Å². The molecule has 2 N–H and O–H groups in total. The van der Waals surface area contributed by atoms with Gasteiger partial charge in [0.2, 0.25) is 17.7 Å². The van der Waals surface area contributed by atoms with Crippen LogP contribution in [-0.2, 0) is 17.8 Å². The Morgan fingerprint density at radius 2 is 1.97 bits per heavy atom. The third-order valence-electron chi connectivity index (χ3n) is 5.89. The van der Waals surface area contributed by atoms with Crippen LogP contribution in [0.15, 0.2) is 38.8 Å². The van der Waals surface area contributed by atoms with Gasteiger partial charge in [-0.2, -0.15) is 5.10 Å². The summed E-state index contributed by atoms with van der Waals surface area (Å²) in [7, 11) is 0. The molecule has 5 rings (SSSR count). The second-order valence-electron chi connectivity index (χ2n) is 8.31. The number of aryl methyl sites for hydroxylation is 1. The normalized spacial score (nSPS) is 19.0. The Kier molecular flexibility index (Phi) is 5.86. The van der Waals surface area contributed by atoms with Gasteiger partial charge in [-0.3, -0.25) is 20.1 Å². The molecule has 0 fully saturated rings. The number of carbonyl (C=O) groups excluding carboxylic acids is 1. The molecular weight excluding hydrogens is 474 g/mol. The average Bonchev–Trinajstić information content (AvgIpc) is 3.46. The first-order chi connectivity index (χ1) is 16.3. The molecule has 0 saturated heterocycles. The van der Waals surface area contributed by atoms with Gasteiger partial charge < -0.3 is 9.73 Å². The lowest BCUT2D eigenvalue weighted by Crippen LogP contribution is -2.42. The number of nitrogens with zero attached hydrogens (tertiary/aromatic N) is 5. The smallest absolute Gasteiger partial charge is 0.235 e. The topological polar surface area (TPSA) is 108 Å². The van der Waals surface area contributed by atoms with Crippen LogP contribution in [-0.4, -0.2) is 39.9 Å². The zero-order valence-electron chi connectivity index (χ0n) is 19.2. The number of aromatic nitrogens is 2. The quantitative estimate of drug-likeness (QED) is 0.558. The minimum Gasteiger partial charge on any atom is -0.423 e. The number of nitrogens with one attached hydrogen (secondary N) is 2. The Hall–Kier alpha value is -3.24. The Bertz CT molecular complexity index is 1310. The monoisotopic (exact) mass is 497 g/mol. The molecule has 4 heterocycles. The maximum atomic E-state index is 11.2. The standard InChI is InChI=1S/C23H24ClN7O2S/c1-11-12(2)34-23-20(11)21(15-5-7-16(24)8-6-15)26-17(22-30-27-13(3)31(22)23)9-18-28-29-19(33-18)10-25-14(4)32/h5-8,13,17,27H,9-10H2,1-4H3,(H,25,32)/t13?,17-/m0/s1. The highest BCUT2D eigenvalue weighted by atomic mass is 35.5. The molecule has 0 saturated carbocycles. The van der Waals surface area contributed by atoms with Crippen molar-refractivity contribution < 1.29 is 9.21 Å². The average molecular weight is 498 g/mol.